The zero-order valence-corrected chi connectivity index (χ0v) is 12.8. The summed E-state index contributed by atoms with van der Waals surface area (Å²) in [7, 11) is 0. The predicted molar refractivity (Wildman–Crippen MR) is 76.2 cm³/mol. The maximum Gasteiger partial charge on any atom is 0.249 e. The van der Waals surface area contributed by atoms with Crippen molar-refractivity contribution in [2.45, 2.75) is 70.5 Å². The Balaban J connectivity index is 2.32. The second-order valence-electron chi connectivity index (χ2n) is 5.81. The number of hydrogen-bond acceptors (Lipinski definition) is 3. The molecule has 2 aliphatic rings. The Bertz CT molecular complexity index is 373. The SMILES string of the molecule is CCCC1C(=O)NC(CC)(CC)C(=O)N1C1CCOC1. The van der Waals surface area contributed by atoms with Gasteiger partial charge in [-0.05, 0) is 25.7 Å². The molecular formula is C15H26N2O3. The van der Waals surface area contributed by atoms with Crippen LogP contribution >= 0.6 is 0 Å². The summed E-state index contributed by atoms with van der Waals surface area (Å²) in [5.41, 5.74) is -0.718. The summed E-state index contributed by atoms with van der Waals surface area (Å²) in [6.07, 6.45) is 3.72. The molecule has 2 amide bonds. The molecule has 0 aliphatic carbocycles. The lowest BCUT2D eigenvalue weighted by Gasteiger charge is -2.47. The van der Waals surface area contributed by atoms with Gasteiger partial charge >= 0.3 is 0 Å². The fourth-order valence-corrected chi connectivity index (χ4v) is 3.32. The van der Waals surface area contributed by atoms with Crippen LogP contribution in [-0.2, 0) is 14.3 Å². The molecule has 5 nitrogen and oxygen atoms in total. The lowest BCUT2D eigenvalue weighted by atomic mass is 9.85. The van der Waals surface area contributed by atoms with E-state index in [0.29, 0.717) is 26.1 Å². The first-order valence-electron chi connectivity index (χ1n) is 7.82. The van der Waals surface area contributed by atoms with Crippen LogP contribution < -0.4 is 5.32 Å². The van der Waals surface area contributed by atoms with Gasteiger partial charge in [-0.25, -0.2) is 0 Å². The Labute approximate surface area is 121 Å². The van der Waals surface area contributed by atoms with Crippen LogP contribution in [0.3, 0.4) is 0 Å². The number of hydrogen-bond donors (Lipinski definition) is 1. The topological polar surface area (TPSA) is 58.6 Å². The first-order valence-corrected chi connectivity index (χ1v) is 7.82. The lowest BCUT2D eigenvalue weighted by Crippen LogP contribution is -2.71. The smallest absolute Gasteiger partial charge is 0.249 e. The molecular weight excluding hydrogens is 256 g/mol. The van der Waals surface area contributed by atoms with E-state index < -0.39 is 5.54 Å². The van der Waals surface area contributed by atoms with Gasteiger partial charge in [-0.15, -0.1) is 0 Å². The van der Waals surface area contributed by atoms with Crippen LogP contribution in [0.5, 0.6) is 0 Å². The molecule has 5 heteroatoms. The summed E-state index contributed by atoms with van der Waals surface area (Å²) >= 11 is 0. The van der Waals surface area contributed by atoms with E-state index in [-0.39, 0.29) is 23.9 Å². The molecule has 2 unspecified atom stereocenters. The number of carbonyl (C=O) groups is 2. The highest BCUT2D eigenvalue weighted by Gasteiger charge is 2.50. The van der Waals surface area contributed by atoms with E-state index in [0.717, 1.165) is 19.3 Å². The number of amides is 2. The quantitative estimate of drug-likeness (QED) is 0.830. The van der Waals surface area contributed by atoms with Gasteiger partial charge in [0.15, 0.2) is 0 Å². The van der Waals surface area contributed by atoms with Crippen LogP contribution in [0.4, 0.5) is 0 Å². The number of nitrogens with zero attached hydrogens (tertiary/aromatic N) is 1. The van der Waals surface area contributed by atoms with E-state index in [1.807, 2.05) is 25.7 Å². The van der Waals surface area contributed by atoms with Crippen molar-refractivity contribution >= 4 is 11.8 Å². The molecule has 0 bridgehead atoms. The maximum absolute atomic E-state index is 13.0. The Hall–Kier alpha value is -1.10. The monoisotopic (exact) mass is 282 g/mol. The highest BCUT2D eigenvalue weighted by atomic mass is 16.5. The summed E-state index contributed by atoms with van der Waals surface area (Å²) in [6, 6.07) is -0.270. The normalized spacial score (nSPS) is 29.6. The van der Waals surface area contributed by atoms with Crippen molar-refractivity contribution in [3.8, 4) is 0 Å². The molecule has 1 N–H and O–H groups in total. The molecule has 2 atom stereocenters. The highest BCUT2D eigenvalue weighted by Crippen LogP contribution is 2.30. The first kappa shape index (κ1) is 15.3. The van der Waals surface area contributed by atoms with Gasteiger partial charge in [-0.2, -0.15) is 0 Å². The summed E-state index contributed by atoms with van der Waals surface area (Å²) in [5, 5.41) is 3.00. The number of nitrogens with one attached hydrogen (secondary N) is 1. The minimum Gasteiger partial charge on any atom is -0.379 e. The largest absolute Gasteiger partial charge is 0.379 e. The molecule has 0 radical (unpaired) electrons. The molecule has 0 aromatic rings. The third-order valence-electron chi connectivity index (χ3n) is 4.71. The molecule has 2 saturated heterocycles. The zero-order chi connectivity index (χ0) is 14.8. The summed E-state index contributed by atoms with van der Waals surface area (Å²) in [6.45, 7) is 7.21. The number of carbonyl (C=O) groups excluding carboxylic acids is 2. The van der Waals surface area contributed by atoms with E-state index in [1.165, 1.54) is 0 Å². The Kier molecular flexibility index (Phi) is 4.68. The Morgan fingerprint density at radius 1 is 1.30 bits per heavy atom. The molecule has 0 saturated carbocycles. The van der Waals surface area contributed by atoms with E-state index in [2.05, 4.69) is 5.32 Å². The minimum atomic E-state index is -0.718. The van der Waals surface area contributed by atoms with Gasteiger partial charge in [0.2, 0.25) is 11.8 Å². The van der Waals surface area contributed by atoms with Gasteiger partial charge < -0.3 is 15.0 Å². The van der Waals surface area contributed by atoms with Crippen LogP contribution in [0.25, 0.3) is 0 Å². The van der Waals surface area contributed by atoms with Crippen LogP contribution in [-0.4, -0.2) is 47.6 Å². The average Bonchev–Trinajstić information content (AvgIpc) is 2.97. The van der Waals surface area contributed by atoms with Crippen molar-refractivity contribution in [3.63, 3.8) is 0 Å². The molecule has 2 heterocycles. The fraction of sp³-hybridized carbons (Fsp3) is 0.867. The number of ether oxygens (including phenoxy) is 1. The van der Waals surface area contributed by atoms with Crippen LogP contribution in [0.15, 0.2) is 0 Å². The van der Waals surface area contributed by atoms with Gasteiger partial charge in [0, 0.05) is 6.61 Å². The highest BCUT2D eigenvalue weighted by molar-refractivity contribution is 6.00. The van der Waals surface area contributed by atoms with Crippen LogP contribution in [0, 0.1) is 0 Å². The Morgan fingerprint density at radius 3 is 2.50 bits per heavy atom. The lowest BCUT2D eigenvalue weighted by molar-refractivity contribution is -0.158. The van der Waals surface area contributed by atoms with Crippen molar-refractivity contribution in [2.24, 2.45) is 0 Å². The van der Waals surface area contributed by atoms with Crippen molar-refractivity contribution in [3.05, 3.63) is 0 Å². The van der Waals surface area contributed by atoms with E-state index >= 15 is 0 Å². The van der Waals surface area contributed by atoms with E-state index in [4.69, 9.17) is 4.74 Å². The van der Waals surface area contributed by atoms with Gasteiger partial charge in [0.1, 0.15) is 11.6 Å². The second-order valence-corrected chi connectivity index (χ2v) is 5.81. The van der Waals surface area contributed by atoms with Crippen LogP contribution in [0.1, 0.15) is 52.9 Å². The Morgan fingerprint density at radius 2 is 2.00 bits per heavy atom. The maximum atomic E-state index is 13.0. The van der Waals surface area contributed by atoms with Gasteiger partial charge in [-0.3, -0.25) is 9.59 Å². The molecule has 0 aromatic heterocycles. The summed E-state index contributed by atoms with van der Waals surface area (Å²) < 4.78 is 5.43. The summed E-state index contributed by atoms with van der Waals surface area (Å²) in [4.78, 5) is 27.3. The zero-order valence-electron chi connectivity index (χ0n) is 12.8. The predicted octanol–water partition coefficient (Wildman–Crippen LogP) is 1.46. The number of piperazine rings is 1. The first-order chi connectivity index (χ1) is 9.59. The van der Waals surface area contributed by atoms with Crippen molar-refractivity contribution in [1.29, 1.82) is 0 Å². The molecule has 0 spiro atoms. The third-order valence-corrected chi connectivity index (χ3v) is 4.71. The van der Waals surface area contributed by atoms with E-state index in [1.54, 1.807) is 0 Å². The van der Waals surface area contributed by atoms with Gasteiger partial charge in [-0.1, -0.05) is 27.2 Å². The fourth-order valence-electron chi connectivity index (χ4n) is 3.32. The van der Waals surface area contributed by atoms with Gasteiger partial charge in [0.05, 0.1) is 12.6 Å². The minimum absolute atomic E-state index is 0.00190. The summed E-state index contributed by atoms with van der Waals surface area (Å²) in [5.74, 6) is 0.0816. The number of rotatable bonds is 5. The molecule has 0 aromatic carbocycles. The van der Waals surface area contributed by atoms with Crippen LogP contribution in [0.2, 0.25) is 0 Å². The average molecular weight is 282 g/mol. The molecule has 20 heavy (non-hydrogen) atoms. The second kappa shape index (κ2) is 6.12. The standard InChI is InChI=1S/C15H26N2O3/c1-4-7-12-13(18)16-15(5-2,6-3)14(19)17(12)11-8-9-20-10-11/h11-12H,4-10H2,1-3H3,(H,16,18). The van der Waals surface area contributed by atoms with Crippen molar-refractivity contribution in [1.82, 2.24) is 10.2 Å². The molecule has 2 rings (SSSR count). The third kappa shape index (κ3) is 2.43. The molecule has 2 aliphatic heterocycles. The molecule has 114 valence electrons. The van der Waals surface area contributed by atoms with Crippen molar-refractivity contribution in [2.75, 3.05) is 13.2 Å². The molecule has 2 fully saturated rings. The van der Waals surface area contributed by atoms with E-state index in [9.17, 15) is 9.59 Å². The van der Waals surface area contributed by atoms with Crippen molar-refractivity contribution < 1.29 is 14.3 Å². The van der Waals surface area contributed by atoms with Gasteiger partial charge in [0.25, 0.3) is 0 Å².